The monoisotopic (exact) mass is 200 g/mol. The molecule has 0 amide bonds. The standard InChI is InChI=1S/C10H16O4/c1-7(11)14-10(13)9(12)8-5-3-2-4-6-8/h8-9,12H,2-6H2,1H3/t9-/m1/s1. The molecule has 0 aromatic rings. The van der Waals surface area contributed by atoms with Crippen molar-refractivity contribution in [3.63, 3.8) is 0 Å². The Labute approximate surface area is 83.2 Å². The van der Waals surface area contributed by atoms with E-state index in [0.29, 0.717) is 0 Å². The highest BCUT2D eigenvalue weighted by Crippen LogP contribution is 2.26. The molecular formula is C10H16O4. The molecule has 0 radical (unpaired) electrons. The van der Waals surface area contributed by atoms with E-state index < -0.39 is 18.0 Å². The summed E-state index contributed by atoms with van der Waals surface area (Å²) in [5.74, 6) is -1.50. The lowest BCUT2D eigenvalue weighted by atomic mass is 9.85. The smallest absolute Gasteiger partial charge is 0.342 e. The molecular weight excluding hydrogens is 184 g/mol. The van der Waals surface area contributed by atoms with E-state index in [1.54, 1.807) is 0 Å². The Hall–Kier alpha value is -0.900. The van der Waals surface area contributed by atoms with Crippen LogP contribution in [-0.2, 0) is 14.3 Å². The van der Waals surface area contributed by atoms with Crippen LogP contribution in [0.2, 0.25) is 0 Å². The molecule has 1 atom stereocenters. The number of hydrogen-bond acceptors (Lipinski definition) is 4. The Morgan fingerprint density at radius 2 is 1.86 bits per heavy atom. The molecule has 4 nitrogen and oxygen atoms in total. The Kier molecular flexibility index (Phi) is 4.07. The fourth-order valence-electron chi connectivity index (χ4n) is 1.84. The molecule has 0 aromatic carbocycles. The summed E-state index contributed by atoms with van der Waals surface area (Å²) in [6.45, 7) is 1.16. The maximum atomic E-state index is 11.2. The molecule has 0 aliphatic heterocycles. The predicted octanol–water partition coefficient (Wildman–Crippen LogP) is 1.02. The molecule has 1 N–H and O–H groups in total. The number of hydrogen-bond donors (Lipinski definition) is 1. The quantitative estimate of drug-likeness (QED) is 0.534. The summed E-state index contributed by atoms with van der Waals surface area (Å²) in [4.78, 5) is 21.6. The normalized spacial score (nSPS) is 20.1. The Morgan fingerprint density at radius 3 is 2.36 bits per heavy atom. The van der Waals surface area contributed by atoms with Crippen molar-refractivity contribution < 1.29 is 19.4 Å². The molecule has 1 rings (SSSR count). The number of carbonyl (C=O) groups is 2. The van der Waals surface area contributed by atoms with Crippen molar-refractivity contribution in [3.8, 4) is 0 Å². The first-order valence-electron chi connectivity index (χ1n) is 5.01. The third-order valence-corrected chi connectivity index (χ3v) is 2.58. The van der Waals surface area contributed by atoms with Crippen LogP contribution in [0.25, 0.3) is 0 Å². The largest absolute Gasteiger partial charge is 0.391 e. The summed E-state index contributed by atoms with van der Waals surface area (Å²) in [6.07, 6.45) is 3.79. The summed E-state index contributed by atoms with van der Waals surface area (Å²) in [7, 11) is 0. The molecule has 14 heavy (non-hydrogen) atoms. The predicted molar refractivity (Wildman–Crippen MR) is 49.4 cm³/mol. The van der Waals surface area contributed by atoms with E-state index in [9.17, 15) is 14.7 Å². The lowest BCUT2D eigenvalue weighted by Crippen LogP contribution is -2.33. The molecule has 0 aromatic heterocycles. The van der Waals surface area contributed by atoms with Gasteiger partial charge in [-0.25, -0.2) is 4.79 Å². The van der Waals surface area contributed by atoms with E-state index in [2.05, 4.69) is 4.74 Å². The average Bonchev–Trinajstić information content (AvgIpc) is 2.17. The zero-order chi connectivity index (χ0) is 10.6. The van der Waals surface area contributed by atoms with Crippen LogP contribution in [0.5, 0.6) is 0 Å². The maximum Gasteiger partial charge on any atom is 0.342 e. The van der Waals surface area contributed by atoms with E-state index in [4.69, 9.17) is 0 Å². The van der Waals surface area contributed by atoms with Crippen molar-refractivity contribution in [1.29, 1.82) is 0 Å². The van der Waals surface area contributed by atoms with Gasteiger partial charge in [-0.1, -0.05) is 19.3 Å². The molecule has 0 heterocycles. The molecule has 0 spiro atoms. The van der Waals surface area contributed by atoms with Gasteiger partial charge in [0.2, 0.25) is 0 Å². The number of carbonyl (C=O) groups excluding carboxylic acids is 2. The lowest BCUT2D eigenvalue weighted by Gasteiger charge is -2.24. The van der Waals surface area contributed by atoms with Gasteiger partial charge in [0.05, 0.1) is 0 Å². The molecule has 4 heteroatoms. The van der Waals surface area contributed by atoms with Crippen molar-refractivity contribution in [2.24, 2.45) is 5.92 Å². The van der Waals surface area contributed by atoms with Crippen molar-refractivity contribution in [2.75, 3.05) is 0 Å². The van der Waals surface area contributed by atoms with Gasteiger partial charge in [0, 0.05) is 6.92 Å². The topological polar surface area (TPSA) is 63.6 Å². The van der Waals surface area contributed by atoms with Crippen molar-refractivity contribution in [1.82, 2.24) is 0 Å². The Balaban J connectivity index is 2.41. The minimum absolute atomic E-state index is 0.0319. The van der Waals surface area contributed by atoms with E-state index in [0.717, 1.165) is 39.0 Å². The molecule has 1 aliphatic carbocycles. The first-order valence-corrected chi connectivity index (χ1v) is 5.01. The van der Waals surface area contributed by atoms with E-state index in [1.165, 1.54) is 0 Å². The van der Waals surface area contributed by atoms with E-state index in [-0.39, 0.29) is 5.92 Å². The van der Waals surface area contributed by atoms with Crippen molar-refractivity contribution in [3.05, 3.63) is 0 Å². The fourth-order valence-corrected chi connectivity index (χ4v) is 1.84. The molecule has 80 valence electrons. The third-order valence-electron chi connectivity index (χ3n) is 2.58. The van der Waals surface area contributed by atoms with Gasteiger partial charge < -0.3 is 9.84 Å². The third kappa shape index (κ3) is 3.10. The van der Waals surface area contributed by atoms with Crippen molar-refractivity contribution in [2.45, 2.75) is 45.1 Å². The molecule has 0 bridgehead atoms. The SMILES string of the molecule is CC(=O)OC(=O)[C@H](O)C1CCCCC1. The van der Waals surface area contributed by atoms with Gasteiger partial charge in [0.15, 0.2) is 6.10 Å². The van der Waals surface area contributed by atoms with Crippen LogP contribution in [-0.4, -0.2) is 23.1 Å². The van der Waals surface area contributed by atoms with Crippen LogP contribution in [0.4, 0.5) is 0 Å². The highest BCUT2D eigenvalue weighted by atomic mass is 16.6. The van der Waals surface area contributed by atoms with Gasteiger partial charge >= 0.3 is 11.9 Å². The number of rotatable bonds is 2. The van der Waals surface area contributed by atoms with Crippen LogP contribution in [0.15, 0.2) is 0 Å². The second-order valence-corrected chi connectivity index (χ2v) is 3.76. The van der Waals surface area contributed by atoms with Crippen LogP contribution >= 0.6 is 0 Å². The van der Waals surface area contributed by atoms with Gasteiger partial charge in [-0.15, -0.1) is 0 Å². The molecule has 0 unspecified atom stereocenters. The van der Waals surface area contributed by atoms with Gasteiger partial charge in [-0.05, 0) is 18.8 Å². The van der Waals surface area contributed by atoms with Gasteiger partial charge in [-0.3, -0.25) is 4.79 Å². The summed E-state index contributed by atoms with van der Waals surface area (Å²) in [6, 6.07) is 0. The summed E-state index contributed by atoms with van der Waals surface area (Å²) in [5, 5.41) is 9.56. The molecule has 1 saturated carbocycles. The Morgan fingerprint density at radius 1 is 1.29 bits per heavy atom. The van der Waals surface area contributed by atoms with E-state index in [1.807, 2.05) is 0 Å². The van der Waals surface area contributed by atoms with Crippen LogP contribution in [0, 0.1) is 5.92 Å². The maximum absolute atomic E-state index is 11.2. The van der Waals surface area contributed by atoms with Gasteiger partial charge in [-0.2, -0.15) is 0 Å². The first-order chi connectivity index (χ1) is 6.61. The second kappa shape index (κ2) is 5.10. The minimum Gasteiger partial charge on any atom is -0.391 e. The highest BCUT2D eigenvalue weighted by Gasteiger charge is 2.29. The number of aliphatic hydroxyl groups is 1. The Bertz CT molecular complexity index is 218. The van der Waals surface area contributed by atoms with Crippen molar-refractivity contribution >= 4 is 11.9 Å². The summed E-state index contributed by atoms with van der Waals surface area (Å²) < 4.78 is 4.34. The zero-order valence-corrected chi connectivity index (χ0v) is 8.36. The van der Waals surface area contributed by atoms with Gasteiger partial charge in [0.25, 0.3) is 0 Å². The number of aliphatic hydroxyl groups excluding tert-OH is 1. The van der Waals surface area contributed by atoms with Gasteiger partial charge in [0.1, 0.15) is 0 Å². The first kappa shape index (κ1) is 11.2. The number of esters is 2. The minimum atomic E-state index is -1.13. The molecule has 0 saturated heterocycles. The van der Waals surface area contributed by atoms with Crippen LogP contribution in [0.1, 0.15) is 39.0 Å². The highest BCUT2D eigenvalue weighted by molar-refractivity contribution is 5.86. The average molecular weight is 200 g/mol. The van der Waals surface area contributed by atoms with E-state index >= 15 is 0 Å². The zero-order valence-electron chi connectivity index (χ0n) is 8.36. The fraction of sp³-hybridized carbons (Fsp3) is 0.800. The summed E-state index contributed by atoms with van der Waals surface area (Å²) in [5.41, 5.74) is 0. The van der Waals surface area contributed by atoms with Crippen LogP contribution in [0.3, 0.4) is 0 Å². The molecule has 1 aliphatic rings. The summed E-state index contributed by atoms with van der Waals surface area (Å²) >= 11 is 0. The second-order valence-electron chi connectivity index (χ2n) is 3.76. The number of ether oxygens (including phenoxy) is 1. The van der Waals surface area contributed by atoms with Crippen LogP contribution < -0.4 is 0 Å². The molecule has 1 fully saturated rings. The lowest BCUT2D eigenvalue weighted by molar-refractivity contribution is -0.167.